The molecule has 3 rings (SSSR count). The Morgan fingerprint density at radius 2 is 2.06 bits per heavy atom. The number of halogens is 1. The van der Waals surface area contributed by atoms with E-state index in [0.717, 1.165) is 16.8 Å². The van der Waals surface area contributed by atoms with Gasteiger partial charge in [-0.3, -0.25) is 19.7 Å². The van der Waals surface area contributed by atoms with Crippen LogP contribution in [0, 0.1) is 0 Å². The molecule has 0 spiro atoms. The van der Waals surface area contributed by atoms with Crippen molar-refractivity contribution in [2.45, 2.75) is 50.9 Å². The molecule has 0 aliphatic carbocycles. The third-order valence-electron chi connectivity index (χ3n) is 5.95. The first-order valence-electron chi connectivity index (χ1n) is 11.4. The lowest BCUT2D eigenvalue weighted by Crippen LogP contribution is -2.53. The van der Waals surface area contributed by atoms with Gasteiger partial charge in [-0.05, 0) is 42.5 Å². The molecule has 2 aromatic rings. The van der Waals surface area contributed by atoms with Gasteiger partial charge in [0.1, 0.15) is 6.04 Å². The fourth-order valence-electron chi connectivity index (χ4n) is 4.17. The van der Waals surface area contributed by atoms with E-state index in [1.54, 1.807) is 23.2 Å². The van der Waals surface area contributed by atoms with Gasteiger partial charge in [-0.2, -0.15) is 0 Å². The number of aromatic nitrogens is 1. The van der Waals surface area contributed by atoms with Crippen LogP contribution in [0.1, 0.15) is 36.1 Å². The number of carbonyl (C=O) groups excluding carboxylic acids is 2. The highest BCUT2D eigenvalue weighted by atomic mass is 35.5. The van der Waals surface area contributed by atoms with E-state index >= 15 is 0 Å². The summed E-state index contributed by atoms with van der Waals surface area (Å²) in [4.78, 5) is 42.2. The SMILES string of the molecule is NCc1ccc(Cl)cc1CNC(=O)[C@@H]1CCCN1C(=O)[C@@H](CCc1cccc[nH+]1)NCC(=O)O. The summed E-state index contributed by atoms with van der Waals surface area (Å²) >= 11 is 6.08. The van der Waals surface area contributed by atoms with Gasteiger partial charge in [0.15, 0.2) is 11.9 Å². The highest BCUT2D eigenvalue weighted by Crippen LogP contribution is 2.21. The molecule has 1 fully saturated rings. The number of nitrogens with two attached hydrogens (primary N) is 1. The maximum atomic E-state index is 13.4. The van der Waals surface area contributed by atoms with Gasteiger partial charge in [-0.25, -0.2) is 4.98 Å². The smallest absolute Gasteiger partial charge is 0.317 e. The van der Waals surface area contributed by atoms with Crippen molar-refractivity contribution < 1.29 is 24.5 Å². The summed E-state index contributed by atoms with van der Waals surface area (Å²) in [6.07, 6.45) is 4.01. The molecular formula is C24H31ClN5O4+. The van der Waals surface area contributed by atoms with Crippen molar-refractivity contribution in [3.63, 3.8) is 0 Å². The van der Waals surface area contributed by atoms with E-state index in [2.05, 4.69) is 15.6 Å². The summed E-state index contributed by atoms with van der Waals surface area (Å²) in [6, 6.07) is 9.71. The second-order valence-electron chi connectivity index (χ2n) is 8.28. The molecule has 1 aliphatic heterocycles. The molecule has 9 nitrogen and oxygen atoms in total. The van der Waals surface area contributed by atoms with Crippen molar-refractivity contribution in [1.82, 2.24) is 15.5 Å². The predicted molar refractivity (Wildman–Crippen MR) is 127 cm³/mol. The Kier molecular flexibility index (Phi) is 9.38. The monoisotopic (exact) mass is 488 g/mol. The van der Waals surface area contributed by atoms with Gasteiger partial charge in [0, 0.05) is 43.2 Å². The number of pyridine rings is 1. The van der Waals surface area contributed by atoms with Crippen LogP contribution in [0.5, 0.6) is 0 Å². The largest absolute Gasteiger partial charge is 0.480 e. The molecule has 0 bridgehead atoms. The molecule has 182 valence electrons. The minimum atomic E-state index is -1.04. The predicted octanol–water partition coefficient (Wildman–Crippen LogP) is 0.896. The molecule has 6 N–H and O–H groups in total. The third-order valence-corrected chi connectivity index (χ3v) is 6.19. The van der Waals surface area contributed by atoms with E-state index in [1.165, 1.54) is 0 Å². The van der Waals surface area contributed by atoms with Gasteiger partial charge in [-0.15, -0.1) is 0 Å². The lowest BCUT2D eigenvalue weighted by atomic mass is 10.1. The molecule has 1 saturated heterocycles. The molecule has 0 unspecified atom stereocenters. The fraction of sp³-hybridized carbons (Fsp3) is 0.417. The molecule has 1 aliphatic rings. The van der Waals surface area contributed by atoms with Gasteiger partial charge in [0.25, 0.3) is 0 Å². The number of nitrogens with one attached hydrogen (secondary N) is 3. The second-order valence-corrected chi connectivity index (χ2v) is 8.71. The zero-order valence-corrected chi connectivity index (χ0v) is 19.7. The van der Waals surface area contributed by atoms with Crippen LogP contribution in [0.15, 0.2) is 42.6 Å². The molecule has 2 amide bonds. The van der Waals surface area contributed by atoms with Crippen molar-refractivity contribution >= 4 is 29.4 Å². The van der Waals surface area contributed by atoms with E-state index in [0.29, 0.717) is 43.8 Å². The van der Waals surface area contributed by atoms with Gasteiger partial charge < -0.3 is 21.1 Å². The molecule has 1 aromatic carbocycles. The zero-order valence-electron chi connectivity index (χ0n) is 18.9. The van der Waals surface area contributed by atoms with Crippen LogP contribution in [-0.4, -0.2) is 53.0 Å². The first-order valence-corrected chi connectivity index (χ1v) is 11.7. The normalized spacial score (nSPS) is 16.3. The number of aryl methyl sites for hydroxylation is 1. The van der Waals surface area contributed by atoms with E-state index in [-0.39, 0.29) is 24.9 Å². The lowest BCUT2D eigenvalue weighted by Gasteiger charge is -2.28. The lowest BCUT2D eigenvalue weighted by molar-refractivity contribution is -0.390. The number of hydrogen-bond donors (Lipinski definition) is 4. The highest BCUT2D eigenvalue weighted by Gasteiger charge is 2.37. The first-order chi connectivity index (χ1) is 16.4. The van der Waals surface area contributed by atoms with Crippen LogP contribution in [-0.2, 0) is 33.9 Å². The number of carboxylic acid groups (broad SMARTS) is 1. The Morgan fingerprint density at radius 1 is 1.24 bits per heavy atom. The van der Waals surface area contributed by atoms with Crippen molar-refractivity contribution in [3.8, 4) is 0 Å². The molecular weight excluding hydrogens is 458 g/mol. The van der Waals surface area contributed by atoms with Crippen LogP contribution >= 0.6 is 11.6 Å². The number of rotatable bonds is 11. The number of benzene rings is 1. The van der Waals surface area contributed by atoms with Crippen LogP contribution in [0.3, 0.4) is 0 Å². The summed E-state index contributed by atoms with van der Waals surface area (Å²) in [5.74, 6) is -1.56. The summed E-state index contributed by atoms with van der Waals surface area (Å²) in [5.41, 5.74) is 8.44. The number of carbonyl (C=O) groups is 3. The number of nitrogens with zero attached hydrogens (tertiary/aromatic N) is 1. The van der Waals surface area contributed by atoms with Crippen LogP contribution in [0.4, 0.5) is 0 Å². The number of likely N-dealkylation sites (tertiary alicyclic amines) is 1. The Labute approximate surface area is 203 Å². The van der Waals surface area contributed by atoms with Crippen molar-refractivity contribution in [2.75, 3.05) is 13.1 Å². The number of H-pyrrole nitrogens is 1. The summed E-state index contributed by atoms with van der Waals surface area (Å²) in [5, 5.41) is 15.4. The van der Waals surface area contributed by atoms with E-state index < -0.39 is 18.1 Å². The van der Waals surface area contributed by atoms with Gasteiger partial charge in [0.05, 0.1) is 12.6 Å². The second kappa shape index (κ2) is 12.5. The molecule has 10 heteroatoms. The number of hydrogen-bond acceptors (Lipinski definition) is 5. The number of amides is 2. The molecule has 2 heterocycles. The highest BCUT2D eigenvalue weighted by molar-refractivity contribution is 6.30. The summed E-state index contributed by atoms with van der Waals surface area (Å²) in [6.45, 7) is 0.697. The standard InChI is InChI=1S/C24H30ClN5O4/c25-18-7-6-16(13-26)17(12-18)14-29-23(33)21-5-3-11-30(21)24(34)20(28-15-22(31)32)9-8-19-4-1-2-10-27-19/h1-2,4,6-7,10,12,20-21,28H,3,5,8-9,11,13-15,26H2,(H,29,33)(H,31,32)/p+1/t20-,21+/m1/s1. The van der Waals surface area contributed by atoms with Gasteiger partial charge >= 0.3 is 5.97 Å². The van der Waals surface area contributed by atoms with Crippen molar-refractivity contribution in [2.24, 2.45) is 5.73 Å². The molecule has 34 heavy (non-hydrogen) atoms. The zero-order chi connectivity index (χ0) is 24.5. The number of aliphatic carboxylic acids is 1. The van der Waals surface area contributed by atoms with Crippen LogP contribution in [0.2, 0.25) is 5.02 Å². The maximum Gasteiger partial charge on any atom is 0.317 e. The van der Waals surface area contributed by atoms with Crippen LogP contribution in [0.25, 0.3) is 0 Å². The average Bonchev–Trinajstić information content (AvgIpc) is 3.33. The van der Waals surface area contributed by atoms with E-state index in [9.17, 15) is 14.4 Å². The first kappa shape index (κ1) is 25.6. The minimum absolute atomic E-state index is 0.248. The van der Waals surface area contributed by atoms with Crippen molar-refractivity contribution in [1.29, 1.82) is 0 Å². The number of carboxylic acids is 1. The van der Waals surface area contributed by atoms with E-state index in [4.69, 9.17) is 22.4 Å². The quantitative estimate of drug-likeness (QED) is 0.370. The van der Waals surface area contributed by atoms with Gasteiger partial charge in [0.2, 0.25) is 11.8 Å². The topological polar surface area (TPSA) is 139 Å². The van der Waals surface area contributed by atoms with Crippen LogP contribution < -0.4 is 21.4 Å². The Bertz CT molecular complexity index is 1000. The minimum Gasteiger partial charge on any atom is -0.480 e. The Hall–Kier alpha value is -3.01. The molecule has 2 atom stereocenters. The molecule has 1 aromatic heterocycles. The summed E-state index contributed by atoms with van der Waals surface area (Å²) < 4.78 is 0. The Balaban J connectivity index is 1.66. The number of aromatic amines is 1. The summed E-state index contributed by atoms with van der Waals surface area (Å²) in [7, 11) is 0. The maximum absolute atomic E-state index is 13.4. The Morgan fingerprint density at radius 3 is 2.76 bits per heavy atom. The van der Waals surface area contributed by atoms with E-state index in [1.807, 2.05) is 24.3 Å². The third kappa shape index (κ3) is 6.99. The van der Waals surface area contributed by atoms with Gasteiger partial charge in [-0.1, -0.05) is 23.7 Å². The molecule has 0 saturated carbocycles. The van der Waals surface area contributed by atoms with Crippen molar-refractivity contribution in [3.05, 3.63) is 64.4 Å². The fourth-order valence-corrected chi connectivity index (χ4v) is 4.37. The average molecular weight is 489 g/mol. The molecule has 0 radical (unpaired) electrons.